The molecule has 250 valence electrons. The Hall–Kier alpha value is -2.47. The molecule has 1 aromatic carbocycles. The van der Waals surface area contributed by atoms with E-state index in [0.717, 1.165) is 18.4 Å². The minimum Gasteiger partial charge on any atom is -0.459 e. The lowest BCUT2D eigenvalue weighted by molar-refractivity contribution is -0.103. The molecule has 1 aromatic rings. The van der Waals surface area contributed by atoms with E-state index >= 15 is 0 Å². The molecule has 1 saturated carbocycles. The number of alkyl halides is 3. The van der Waals surface area contributed by atoms with E-state index in [0.29, 0.717) is 37.7 Å². The summed E-state index contributed by atoms with van der Waals surface area (Å²) in [5.41, 5.74) is -5.78. The number of carbonyl (C=O) groups is 2. The number of hydrogen-bond acceptors (Lipinski definition) is 8. The Morgan fingerprint density at radius 3 is 2.07 bits per heavy atom. The summed E-state index contributed by atoms with van der Waals surface area (Å²) < 4.78 is 72.8. The van der Waals surface area contributed by atoms with Gasteiger partial charge in [0, 0.05) is 6.04 Å². The normalized spacial score (nSPS) is 21.3. The molecule has 0 saturated heterocycles. The van der Waals surface area contributed by atoms with E-state index in [1.165, 1.54) is 0 Å². The number of nitrogens with zero attached hydrogens (tertiary/aromatic N) is 2. The Labute approximate surface area is 260 Å². The van der Waals surface area contributed by atoms with Crippen molar-refractivity contribution in [2.45, 2.75) is 124 Å². The molecule has 44 heavy (non-hydrogen) atoms. The third-order valence-electron chi connectivity index (χ3n) is 8.96. The summed E-state index contributed by atoms with van der Waals surface area (Å²) in [4.78, 5) is 30.7. The van der Waals surface area contributed by atoms with Gasteiger partial charge in [-0.15, -0.1) is 0 Å². The maximum absolute atomic E-state index is 13.2. The maximum Gasteiger partial charge on any atom is 0.534 e. The number of aldehydes is 1. The number of esters is 1. The fraction of sp³-hybridized carbons (Fsp3) is 0.719. The molecule has 0 amide bonds. The van der Waals surface area contributed by atoms with E-state index in [1.807, 2.05) is 17.0 Å². The van der Waals surface area contributed by atoms with Gasteiger partial charge in [-0.2, -0.15) is 21.6 Å². The average Bonchev–Trinajstić information content (AvgIpc) is 2.91. The van der Waals surface area contributed by atoms with Crippen LogP contribution in [0.5, 0.6) is 0 Å². The largest absolute Gasteiger partial charge is 0.534 e. The van der Waals surface area contributed by atoms with Gasteiger partial charge in [0.2, 0.25) is 6.29 Å². The van der Waals surface area contributed by atoms with E-state index in [1.54, 1.807) is 33.0 Å². The fourth-order valence-electron chi connectivity index (χ4n) is 5.62. The minimum absolute atomic E-state index is 0.0156. The highest BCUT2D eigenvalue weighted by Crippen LogP contribution is 2.47. The summed E-state index contributed by atoms with van der Waals surface area (Å²) in [7, 11) is -4.30. The summed E-state index contributed by atoms with van der Waals surface area (Å²) in [6.45, 7) is 16.3. The van der Waals surface area contributed by atoms with Crippen molar-refractivity contribution in [1.82, 2.24) is 4.90 Å². The molecule has 0 bridgehead atoms. The smallest absolute Gasteiger partial charge is 0.459 e. The van der Waals surface area contributed by atoms with Crippen LogP contribution in [0.1, 0.15) is 122 Å². The molecule has 0 N–H and O–H groups in total. The van der Waals surface area contributed by atoms with Crippen LogP contribution in [0.3, 0.4) is 0 Å². The number of ether oxygens (including phenoxy) is 1. The molecule has 8 nitrogen and oxygen atoms in total. The van der Waals surface area contributed by atoms with E-state index in [4.69, 9.17) is 4.74 Å². The van der Waals surface area contributed by atoms with Crippen molar-refractivity contribution in [2.75, 3.05) is 7.05 Å². The van der Waals surface area contributed by atoms with Crippen LogP contribution in [0.15, 0.2) is 29.3 Å². The van der Waals surface area contributed by atoms with Gasteiger partial charge in [0.25, 0.3) is 5.90 Å². The molecule has 0 aromatic heterocycles. The molecule has 0 radical (unpaired) electrons. The van der Waals surface area contributed by atoms with Crippen molar-refractivity contribution < 1.29 is 40.1 Å². The Morgan fingerprint density at radius 1 is 1.09 bits per heavy atom. The first-order valence-electron chi connectivity index (χ1n) is 15.2. The Kier molecular flexibility index (Phi) is 12.3. The molecule has 1 aliphatic rings. The number of aliphatic imine (C=N–C) groups is 1. The lowest BCUT2D eigenvalue weighted by Gasteiger charge is -2.49. The van der Waals surface area contributed by atoms with Crippen LogP contribution >= 0.6 is 0 Å². The van der Waals surface area contributed by atoms with Crippen LogP contribution in [0.2, 0.25) is 0 Å². The second kappa shape index (κ2) is 14.3. The van der Waals surface area contributed by atoms with Crippen molar-refractivity contribution in [3.63, 3.8) is 0 Å². The van der Waals surface area contributed by atoms with Gasteiger partial charge in [0.05, 0.1) is 11.7 Å². The Bertz CT molecular complexity index is 1260. The summed E-state index contributed by atoms with van der Waals surface area (Å²) in [5.74, 6) is -1.31. The third kappa shape index (κ3) is 9.76. The van der Waals surface area contributed by atoms with Crippen LogP contribution in [-0.2, 0) is 23.8 Å². The zero-order valence-corrected chi connectivity index (χ0v) is 28.3. The number of hydrogen-bond donors (Lipinski definition) is 0. The topological polar surface area (TPSA) is 102 Å². The molecular weight excluding hydrogens is 597 g/mol. The van der Waals surface area contributed by atoms with Crippen LogP contribution in [0, 0.1) is 16.7 Å². The van der Waals surface area contributed by atoms with Crippen LogP contribution in [0.4, 0.5) is 13.2 Å². The lowest BCUT2D eigenvalue weighted by Crippen LogP contribution is -2.51. The molecule has 1 aliphatic carbocycles. The highest BCUT2D eigenvalue weighted by atomic mass is 32.2. The van der Waals surface area contributed by atoms with E-state index in [-0.39, 0.29) is 35.2 Å². The van der Waals surface area contributed by atoms with Gasteiger partial charge in [0.1, 0.15) is 5.66 Å². The van der Waals surface area contributed by atoms with Crippen molar-refractivity contribution in [3.05, 3.63) is 35.4 Å². The first-order valence-corrected chi connectivity index (χ1v) is 16.6. The zero-order valence-electron chi connectivity index (χ0n) is 27.5. The number of carbonyl (C=O) groups excluding carboxylic acids is 2. The second-order valence-corrected chi connectivity index (χ2v) is 15.5. The molecule has 0 heterocycles. The van der Waals surface area contributed by atoms with Gasteiger partial charge >= 0.3 is 21.6 Å². The third-order valence-corrected chi connectivity index (χ3v) is 9.92. The number of benzene rings is 1. The summed E-state index contributed by atoms with van der Waals surface area (Å²) in [6.07, 6.45) is 4.01. The van der Waals surface area contributed by atoms with Gasteiger partial charge in [0.15, 0.2) is 0 Å². The highest BCUT2D eigenvalue weighted by molar-refractivity contribution is 7.88. The molecular formula is C32H49F3N2O6S. The Balaban J connectivity index is 2.65. The standard InChI is InChI=1S/C32H49F3N2O6S/c1-10-30(7,8)18-17-26(23-11-13-24(14-12-23)28(39)42-22(2)3)37(9)31(19-15-25(16-20-31)29(4,5)6)36-27(21-38)43-44(40,41)32(33,34)35/h11-14,21-22,25-26H,10,15-20H2,1-9H3/b36-27+. The molecule has 12 heteroatoms. The first-order chi connectivity index (χ1) is 20.1. The van der Waals surface area contributed by atoms with Crippen LogP contribution in [-0.4, -0.2) is 55.8 Å². The SMILES string of the molecule is CCC(C)(C)CCC(c1ccc(C(=O)OC(C)C)cc1)N(C)C1(/N=C(\C=O)OS(=O)(=O)C(F)(F)F)CCC(C(C)(C)C)CC1. The highest BCUT2D eigenvalue weighted by Gasteiger charge is 2.50. The zero-order chi connectivity index (χ0) is 33.7. The van der Waals surface area contributed by atoms with Gasteiger partial charge in [-0.1, -0.05) is 60.1 Å². The molecule has 2 rings (SSSR count). The molecule has 1 atom stereocenters. The Morgan fingerprint density at radius 2 is 1.64 bits per heavy atom. The van der Waals surface area contributed by atoms with Crippen molar-refractivity contribution in [1.29, 1.82) is 0 Å². The van der Waals surface area contributed by atoms with E-state index in [2.05, 4.69) is 50.7 Å². The summed E-state index contributed by atoms with van der Waals surface area (Å²) in [6, 6.07) is 6.65. The van der Waals surface area contributed by atoms with Crippen LogP contribution < -0.4 is 0 Å². The van der Waals surface area contributed by atoms with Crippen molar-refractivity contribution >= 4 is 28.3 Å². The van der Waals surface area contributed by atoms with Crippen LogP contribution in [0.25, 0.3) is 0 Å². The minimum atomic E-state index is -6.10. The summed E-state index contributed by atoms with van der Waals surface area (Å²) >= 11 is 0. The molecule has 0 spiro atoms. The van der Waals surface area contributed by atoms with E-state index < -0.39 is 33.2 Å². The fourth-order valence-corrected chi connectivity index (χ4v) is 6.02. The number of halogens is 3. The predicted molar refractivity (Wildman–Crippen MR) is 165 cm³/mol. The summed E-state index contributed by atoms with van der Waals surface area (Å²) in [5, 5.41) is 0. The monoisotopic (exact) mass is 646 g/mol. The molecule has 1 unspecified atom stereocenters. The molecule has 1 fully saturated rings. The quantitative estimate of drug-likeness (QED) is 0.0569. The lowest BCUT2D eigenvalue weighted by atomic mass is 9.69. The predicted octanol–water partition coefficient (Wildman–Crippen LogP) is 7.84. The first kappa shape index (κ1) is 37.7. The van der Waals surface area contributed by atoms with Gasteiger partial charge < -0.3 is 8.92 Å². The van der Waals surface area contributed by atoms with Crippen molar-refractivity contribution in [2.24, 2.45) is 21.7 Å². The molecule has 0 aliphatic heterocycles. The van der Waals surface area contributed by atoms with E-state index in [9.17, 15) is 31.2 Å². The van der Waals surface area contributed by atoms with Crippen molar-refractivity contribution in [3.8, 4) is 0 Å². The second-order valence-electron chi connectivity index (χ2n) is 13.9. The average molecular weight is 647 g/mol. The van der Waals surface area contributed by atoms with Gasteiger partial charge in [-0.05, 0) is 93.9 Å². The maximum atomic E-state index is 13.2. The van der Waals surface area contributed by atoms with Gasteiger partial charge in [-0.3, -0.25) is 9.69 Å². The van der Waals surface area contributed by atoms with Gasteiger partial charge in [-0.25, -0.2) is 9.79 Å². The number of rotatable bonds is 12.